The van der Waals surface area contributed by atoms with Crippen molar-refractivity contribution in [2.75, 3.05) is 21.3 Å². The number of ether oxygens (including phenoxy) is 4. The summed E-state index contributed by atoms with van der Waals surface area (Å²) >= 11 is 0. The molecule has 1 aromatic rings. The molecule has 22 heavy (non-hydrogen) atoms. The molecule has 6 nitrogen and oxygen atoms in total. The van der Waals surface area contributed by atoms with Crippen LogP contribution in [0, 0.1) is 11.3 Å². The lowest BCUT2D eigenvalue weighted by Crippen LogP contribution is -2.12. The highest BCUT2D eigenvalue weighted by atomic mass is 16.5. The molecule has 0 aliphatic rings. The van der Waals surface area contributed by atoms with E-state index in [4.69, 9.17) is 24.2 Å². The molecule has 0 bridgehead atoms. The van der Waals surface area contributed by atoms with Gasteiger partial charge in [0.25, 0.3) is 0 Å². The molecule has 0 saturated heterocycles. The normalized spacial score (nSPS) is 10.9. The molecule has 0 heterocycles. The van der Waals surface area contributed by atoms with Gasteiger partial charge in [-0.2, -0.15) is 5.26 Å². The van der Waals surface area contributed by atoms with Crippen LogP contribution >= 0.6 is 0 Å². The van der Waals surface area contributed by atoms with E-state index in [-0.39, 0.29) is 11.7 Å². The molecule has 0 saturated carbocycles. The maximum absolute atomic E-state index is 11.8. The van der Waals surface area contributed by atoms with Crippen molar-refractivity contribution in [3.8, 4) is 23.3 Å². The van der Waals surface area contributed by atoms with Gasteiger partial charge in [0.1, 0.15) is 11.6 Å². The van der Waals surface area contributed by atoms with E-state index in [1.807, 2.05) is 6.07 Å². The number of benzene rings is 1. The number of carbonyl (C=O) groups is 1. The van der Waals surface area contributed by atoms with Crippen molar-refractivity contribution < 1.29 is 23.7 Å². The molecule has 0 aliphatic heterocycles. The van der Waals surface area contributed by atoms with Crippen LogP contribution in [-0.2, 0) is 9.53 Å². The number of hydrogen-bond acceptors (Lipinski definition) is 6. The molecule has 0 spiro atoms. The minimum Gasteiger partial charge on any atom is -0.493 e. The van der Waals surface area contributed by atoms with Gasteiger partial charge in [-0.05, 0) is 37.6 Å². The third kappa shape index (κ3) is 4.16. The Morgan fingerprint density at radius 3 is 2.05 bits per heavy atom. The highest BCUT2D eigenvalue weighted by Gasteiger charge is 2.16. The summed E-state index contributed by atoms with van der Waals surface area (Å²) in [6.07, 6.45) is 1.11. The first-order chi connectivity index (χ1) is 10.5. The van der Waals surface area contributed by atoms with Crippen LogP contribution < -0.4 is 14.2 Å². The maximum Gasteiger partial charge on any atom is 0.349 e. The largest absolute Gasteiger partial charge is 0.493 e. The van der Waals surface area contributed by atoms with Crippen LogP contribution in [0.4, 0.5) is 0 Å². The van der Waals surface area contributed by atoms with Crippen molar-refractivity contribution in [3.63, 3.8) is 0 Å². The number of nitriles is 1. The zero-order valence-electron chi connectivity index (χ0n) is 13.3. The van der Waals surface area contributed by atoms with Gasteiger partial charge in [-0.1, -0.05) is 0 Å². The monoisotopic (exact) mass is 305 g/mol. The summed E-state index contributed by atoms with van der Waals surface area (Å²) in [4.78, 5) is 11.8. The van der Waals surface area contributed by atoms with Crippen molar-refractivity contribution in [1.82, 2.24) is 0 Å². The average molecular weight is 305 g/mol. The van der Waals surface area contributed by atoms with Gasteiger partial charge in [-0.15, -0.1) is 0 Å². The summed E-state index contributed by atoms with van der Waals surface area (Å²) in [5, 5.41) is 9.12. The molecule has 0 atom stereocenters. The smallest absolute Gasteiger partial charge is 0.349 e. The second kappa shape index (κ2) is 7.93. The van der Waals surface area contributed by atoms with Crippen LogP contribution in [-0.4, -0.2) is 33.4 Å². The lowest BCUT2D eigenvalue weighted by Gasteiger charge is -2.13. The Labute approximate surface area is 129 Å². The number of carbonyl (C=O) groups excluding carboxylic acids is 1. The fraction of sp³-hybridized carbons (Fsp3) is 0.375. The van der Waals surface area contributed by atoms with Crippen LogP contribution in [0.3, 0.4) is 0 Å². The average Bonchev–Trinajstić information content (AvgIpc) is 2.50. The van der Waals surface area contributed by atoms with Gasteiger partial charge in [0.15, 0.2) is 11.5 Å². The summed E-state index contributed by atoms with van der Waals surface area (Å²) in [6.45, 7) is 3.43. The van der Waals surface area contributed by atoms with Crippen molar-refractivity contribution in [2.45, 2.75) is 20.0 Å². The number of nitrogens with zero attached hydrogens (tertiary/aromatic N) is 1. The third-order valence-corrected chi connectivity index (χ3v) is 2.68. The minimum atomic E-state index is -0.675. The van der Waals surface area contributed by atoms with E-state index in [9.17, 15) is 4.79 Å². The first-order valence-corrected chi connectivity index (χ1v) is 6.59. The predicted octanol–water partition coefficient (Wildman–Crippen LogP) is 2.57. The minimum absolute atomic E-state index is 0.108. The molecule has 6 heteroatoms. The Hall–Kier alpha value is -2.68. The Balaban J connectivity index is 3.28. The number of rotatable bonds is 6. The molecule has 0 fully saturated rings. The summed E-state index contributed by atoms with van der Waals surface area (Å²) in [6, 6.07) is 5.11. The highest BCUT2D eigenvalue weighted by molar-refractivity contribution is 5.98. The first-order valence-electron chi connectivity index (χ1n) is 6.59. The first kappa shape index (κ1) is 17.4. The SMILES string of the molecule is COc1cc(/C=C(\C#N)C(=O)OC(C)C)cc(OC)c1OC. The predicted molar refractivity (Wildman–Crippen MR) is 80.9 cm³/mol. The molecular formula is C16H19NO5. The number of methoxy groups -OCH3 is 3. The number of esters is 1. The zero-order valence-corrected chi connectivity index (χ0v) is 13.3. The summed E-state index contributed by atoms with van der Waals surface area (Å²) in [5.41, 5.74) is 0.453. The van der Waals surface area contributed by atoms with Crippen molar-refractivity contribution >= 4 is 12.0 Å². The molecule has 0 aliphatic carbocycles. The lowest BCUT2D eigenvalue weighted by molar-refractivity contribution is -0.142. The van der Waals surface area contributed by atoms with Crippen LogP contribution in [0.25, 0.3) is 6.08 Å². The Morgan fingerprint density at radius 2 is 1.68 bits per heavy atom. The van der Waals surface area contributed by atoms with Gasteiger partial charge in [0.05, 0.1) is 27.4 Å². The quantitative estimate of drug-likeness (QED) is 0.456. The van der Waals surface area contributed by atoms with Crippen LogP contribution in [0.2, 0.25) is 0 Å². The van der Waals surface area contributed by atoms with E-state index >= 15 is 0 Å². The van der Waals surface area contributed by atoms with Crippen LogP contribution in [0.15, 0.2) is 17.7 Å². The topological polar surface area (TPSA) is 77.8 Å². The molecule has 1 aromatic carbocycles. The van der Waals surface area contributed by atoms with Gasteiger partial charge < -0.3 is 18.9 Å². The van der Waals surface area contributed by atoms with Crippen LogP contribution in [0.1, 0.15) is 19.4 Å². The summed E-state index contributed by atoms with van der Waals surface area (Å²) in [7, 11) is 4.47. The molecule has 118 valence electrons. The standard InChI is InChI=1S/C16H19NO5/c1-10(2)22-16(18)12(9-17)6-11-7-13(19-3)15(21-5)14(8-11)20-4/h6-8,10H,1-5H3/b12-6+. The summed E-state index contributed by atoms with van der Waals surface area (Å²) in [5.74, 6) is 0.627. The van der Waals surface area contributed by atoms with Gasteiger partial charge in [-0.3, -0.25) is 0 Å². The van der Waals surface area contributed by atoms with E-state index in [1.54, 1.807) is 26.0 Å². The fourth-order valence-corrected chi connectivity index (χ4v) is 1.77. The van der Waals surface area contributed by atoms with Crippen molar-refractivity contribution in [2.24, 2.45) is 0 Å². The van der Waals surface area contributed by atoms with E-state index in [0.717, 1.165) is 0 Å². The second-order valence-electron chi connectivity index (χ2n) is 4.58. The fourth-order valence-electron chi connectivity index (χ4n) is 1.77. The van der Waals surface area contributed by atoms with Crippen molar-refractivity contribution in [3.05, 3.63) is 23.3 Å². The van der Waals surface area contributed by atoms with E-state index < -0.39 is 5.97 Å². The lowest BCUT2D eigenvalue weighted by atomic mass is 10.1. The third-order valence-electron chi connectivity index (χ3n) is 2.68. The van der Waals surface area contributed by atoms with E-state index in [0.29, 0.717) is 22.8 Å². The summed E-state index contributed by atoms with van der Waals surface area (Å²) < 4.78 is 20.7. The molecule has 0 radical (unpaired) electrons. The maximum atomic E-state index is 11.8. The van der Waals surface area contributed by atoms with E-state index in [1.165, 1.54) is 27.4 Å². The molecular weight excluding hydrogens is 286 g/mol. The number of hydrogen-bond donors (Lipinski definition) is 0. The molecule has 0 N–H and O–H groups in total. The highest BCUT2D eigenvalue weighted by Crippen LogP contribution is 2.38. The molecule has 0 aromatic heterocycles. The molecule has 1 rings (SSSR count). The molecule has 0 amide bonds. The zero-order chi connectivity index (χ0) is 16.7. The van der Waals surface area contributed by atoms with E-state index in [2.05, 4.69) is 0 Å². The van der Waals surface area contributed by atoms with Gasteiger partial charge >= 0.3 is 5.97 Å². The Kier molecular flexibility index (Phi) is 6.26. The Bertz CT molecular complexity index is 588. The molecule has 0 unspecified atom stereocenters. The van der Waals surface area contributed by atoms with Gasteiger partial charge in [0.2, 0.25) is 5.75 Å². The second-order valence-corrected chi connectivity index (χ2v) is 4.58. The van der Waals surface area contributed by atoms with Gasteiger partial charge in [0, 0.05) is 0 Å². The Morgan fingerprint density at radius 1 is 1.14 bits per heavy atom. The van der Waals surface area contributed by atoms with Crippen molar-refractivity contribution in [1.29, 1.82) is 5.26 Å². The van der Waals surface area contributed by atoms with Gasteiger partial charge in [-0.25, -0.2) is 4.79 Å². The van der Waals surface area contributed by atoms with Crippen LogP contribution in [0.5, 0.6) is 17.2 Å².